The summed E-state index contributed by atoms with van der Waals surface area (Å²) in [6, 6.07) is 7.76. The Balaban J connectivity index is 0.00000324. The largest absolute Gasteiger partial charge is 0.327 e. The van der Waals surface area contributed by atoms with Crippen molar-refractivity contribution in [3.05, 3.63) is 29.8 Å². The summed E-state index contributed by atoms with van der Waals surface area (Å²) in [5.41, 5.74) is 7.77. The van der Waals surface area contributed by atoms with Crippen molar-refractivity contribution in [2.45, 2.75) is 46.1 Å². The van der Waals surface area contributed by atoms with Crippen molar-refractivity contribution in [3.8, 4) is 0 Å². The standard InChI is InChI=1S/C15H24N2O.ClH/c1-10(11(2)16)14(18)17-13-9-7-6-8-12(13)15(3,4)5;/h6-11H,16H2,1-5H3,(H,17,18);1H. The maximum absolute atomic E-state index is 12.0. The lowest BCUT2D eigenvalue weighted by atomic mass is 9.85. The fraction of sp³-hybridized carbons (Fsp3) is 0.533. The second-order valence-corrected chi connectivity index (χ2v) is 5.93. The Hall–Kier alpha value is -1.06. The van der Waals surface area contributed by atoms with Gasteiger partial charge in [-0.05, 0) is 24.0 Å². The first-order chi connectivity index (χ1) is 8.23. The van der Waals surface area contributed by atoms with E-state index in [9.17, 15) is 4.79 Å². The average molecular weight is 285 g/mol. The van der Waals surface area contributed by atoms with Crippen LogP contribution in [0.3, 0.4) is 0 Å². The van der Waals surface area contributed by atoms with Gasteiger partial charge in [0.25, 0.3) is 0 Å². The molecule has 19 heavy (non-hydrogen) atoms. The van der Waals surface area contributed by atoms with Crippen LogP contribution in [0.15, 0.2) is 24.3 Å². The van der Waals surface area contributed by atoms with Gasteiger partial charge in [-0.3, -0.25) is 4.79 Å². The number of carbonyl (C=O) groups excluding carboxylic acids is 1. The lowest BCUT2D eigenvalue weighted by Crippen LogP contribution is -2.34. The van der Waals surface area contributed by atoms with E-state index in [1.54, 1.807) is 0 Å². The topological polar surface area (TPSA) is 55.1 Å². The minimum absolute atomic E-state index is 0. The number of halogens is 1. The summed E-state index contributed by atoms with van der Waals surface area (Å²) in [6.45, 7) is 10.1. The number of nitrogens with two attached hydrogens (primary N) is 1. The van der Waals surface area contributed by atoms with Crippen LogP contribution in [0.25, 0.3) is 0 Å². The number of nitrogens with one attached hydrogen (secondary N) is 1. The zero-order chi connectivity index (χ0) is 13.9. The van der Waals surface area contributed by atoms with E-state index < -0.39 is 0 Å². The molecule has 0 aliphatic heterocycles. The van der Waals surface area contributed by atoms with E-state index in [0.717, 1.165) is 11.3 Å². The van der Waals surface area contributed by atoms with E-state index in [0.29, 0.717) is 0 Å². The summed E-state index contributed by atoms with van der Waals surface area (Å²) < 4.78 is 0. The molecule has 0 aliphatic rings. The summed E-state index contributed by atoms with van der Waals surface area (Å²) in [7, 11) is 0. The lowest BCUT2D eigenvalue weighted by molar-refractivity contribution is -0.119. The van der Waals surface area contributed by atoms with Gasteiger partial charge in [-0.1, -0.05) is 45.9 Å². The quantitative estimate of drug-likeness (QED) is 0.894. The van der Waals surface area contributed by atoms with E-state index in [4.69, 9.17) is 5.73 Å². The number of benzene rings is 1. The van der Waals surface area contributed by atoms with Crippen LogP contribution in [0.5, 0.6) is 0 Å². The molecule has 1 amide bonds. The summed E-state index contributed by atoms with van der Waals surface area (Å²) in [6.07, 6.45) is 0. The molecule has 0 aliphatic carbocycles. The van der Waals surface area contributed by atoms with E-state index >= 15 is 0 Å². The van der Waals surface area contributed by atoms with Crippen molar-refractivity contribution in [1.82, 2.24) is 0 Å². The molecule has 1 aromatic carbocycles. The van der Waals surface area contributed by atoms with Gasteiger partial charge in [0.1, 0.15) is 0 Å². The third-order valence-corrected chi connectivity index (χ3v) is 3.20. The second-order valence-electron chi connectivity index (χ2n) is 5.93. The van der Waals surface area contributed by atoms with E-state index in [2.05, 4.69) is 26.1 Å². The van der Waals surface area contributed by atoms with Gasteiger partial charge in [0, 0.05) is 11.7 Å². The first kappa shape index (κ1) is 17.9. The molecule has 0 heterocycles. The number of anilines is 1. The Kier molecular flexibility index (Phi) is 6.53. The van der Waals surface area contributed by atoms with Gasteiger partial charge in [0.05, 0.1) is 5.92 Å². The zero-order valence-electron chi connectivity index (χ0n) is 12.4. The highest BCUT2D eigenvalue weighted by Gasteiger charge is 2.21. The summed E-state index contributed by atoms with van der Waals surface area (Å²) in [4.78, 5) is 12.0. The molecule has 0 fully saturated rings. The van der Waals surface area contributed by atoms with Gasteiger partial charge in [-0.15, -0.1) is 12.4 Å². The highest BCUT2D eigenvalue weighted by molar-refractivity contribution is 5.93. The van der Waals surface area contributed by atoms with Gasteiger partial charge in [0.15, 0.2) is 0 Å². The van der Waals surface area contributed by atoms with Crippen LogP contribution in [0.2, 0.25) is 0 Å². The van der Waals surface area contributed by atoms with Crippen LogP contribution in [-0.4, -0.2) is 11.9 Å². The van der Waals surface area contributed by atoms with E-state index in [-0.39, 0.29) is 35.7 Å². The van der Waals surface area contributed by atoms with Crippen LogP contribution < -0.4 is 11.1 Å². The minimum atomic E-state index is -0.196. The Morgan fingerprint density at radius 1 is 1.21 bits per heavy atom. The highest BCUT2D eigenvalue weighted by Crippen LogP contribution is 2.29. The van der Waals surface area contributed by atoms with Crippen LogP contribution in [0, 0.1) is 5.92 Å². The number of hydrogen-bond donors (Lipinski definition) is 2. The molecule has 3 nitrogen and oxygen atoms in total. The third kappa shape index (κ3) is 4.84. The summed E-state index contributed by atoms with van der Waals surface area (Å²) >= 11 is 0. The zero-order valence-corrected chi connectivity index (χ0v) is 13.2. The number of rotatable bonds is 3. The molecule has 2 atom stereocenters. The lowest BCUT2D eigenvalue weighted by Gasteiger charge is -2.24. The van der Waals surface area contributed by atoms with E-state index in [1.807, 2.05) is 38.1 Å². The minimum Gasteiger partial charge on any atom is -0.327 e. The predicted octanol–water partition coefficient (Wildman–Crippen LogP) is 3.33. The molecule has 0 spiro atoms. The monoisotopic (exact) mass is 284 g/mol. The molecule has 0 saturated carbocycles. The normalized spacial score (nSPS) is 14.2. The Morgan fingerprint density at radius 2 is 1.74 bits per heavy atom. The van der Waals surface area contributed by atoms with Crippen LogP contribution in [-0.2, 0) is 10.2 Å². The molecule has 108 valence electrons. The van der Waals surface area contributed by atoms with Crippen LogP contribution in [0.1, 0.15) is 40.2 Å². The molecule has 3 N–H and O–H groups in total. The summed E-state index contributed by atoms with van der Waals surface area (Å²) in [5.74, 6) is -0.222. The molecule has 0 aromatic heterocycles. The molecular formula is C15H25ClN2O. The number of hydrogen-bond acceptors (Lipinski definition) is 2. The van der Waals surface area contributed by atoms with Crippen molar-refractivity contribution in [2.24, 2.45) is 11.7 Å². The maximum atomic E-state index is 12.0. The average Bonchev–Trinajstić information content (AvgIpc) is 2.27. The molecule has 0 saturated heterocycles. The Bertz CT molecular complexity index is 424. The molecule has 1 aromatic rings. The van der Waals surface area contributed by atoms with E-state index in [1.165, 1.54) is 0 Å². The van der Waals surface area contributed by atoms with Crippen molar-refractivity contribution in [1.29, 1.82) is 0 Å². The van der Waals surface area contributed by atoms with Crippen molar-refractivity contribution >= 4 is 24.0 Å². The van der Waals surface area contributed by atoms with Crippen molar-refractivity contribution in [2.75, 3.05) is 5.32 Å². The summed E-state index contributed by atoms with van der Waals surface area (Å²) in [5, 5.41) is 2.98. The number of para-hydroxylation sites is 1. The van der Waals surface area contributed by atoms with Gasteiger partial charge in [-0.25, -0.2) is 0 Å². The first-order valence-corrected chi connectivity index (χ1v) is 6.39. The van der Waals surface area contributed by atoms with Gasteiger partial charge in [-0.2, -0.15) is 0 Å². The van der Waals surface area contributed by atoms with Gasteiger partial charge >= 0.3 is 0 Å². The fourth-order valence-electron chi connectivity index (χ4n) is 1.73. The SMILES string of the molecule is CC(N)C(C)C(=O)Nc1ccccc1C(C)(C)C.Cl. The Labute approximate surface area is 122 Å². The first-order valence-electron chi connectivity index (χ1n) is 6.39. The molecule has 4 heteroatoms. The van der Waals surface area contributed by atoms with Crippen molar-refractivity contribution < 1.29 is 4.79 Å². The maximum Gasteiger partial charge on any atom is 0.228 e. The van der Waals surface area contributed by atoms with Crippen molar-refractivity contribution in [3.63, 3.8) is 0 Å². The smallest absolute Gasteiger partial charge is 0.228 e. The van der Waals surface area contributed by atoms with Crippen LogP contribution in [0.4, 0.5) is 5.69 Å². The molecule has 0 radical (unpaired) electrons. The molecule has 1 rings (SSSR count). The molecule has 0 bridgehead atoms. The third-order valence-electron chi connectivity index (χ3n) is 3.20. The molecular weight excluding hydrogens is 260 g/mol. The Morgan fingerprint density at radius 3 is 2.21 bits per heavy atom. The predicted molar refractivity (Wildman–Crippen MR) is 83.8 cm³/mol. The number of amides is 1. The van der Waals surface area contributed by atoms with Gasteiger partial charge in [0.2, 0.25) is 5.91 Å². The highest BCUT2D eigenvalue weighted by atomic mass is 35.5. The second kappa shape index (κ2) is 6.92. The van der Waals surface area contributed by atoms with Crippen LogP contribution >= 0.6 is 12.4 Å². The molecule has 2 unspecified atom stereocenters. The van der Waals surface area contributed by atoms with Gasteiger partial charge < -0.3 is 11.1 Å². The number of carbonyl (C=O) groups is 1. The fourth-order valence-corrected chi connectivity index (χ4v) is 1.73.